The molecule has 1 saturated heterocycles. The molecule has 0 aliphatic carbocycles. The predicted molar refractivity (Wildman–Crippen MR) is 85.0 cm³/mol. The predicted octanol–water partition coefficient (Wildman–Crippen LogP) is 0.837. The quantitative estimate of drug-likeness (QED) is 0.586. The second-order valence-electron chi connectivity index (χ2n) is 5.50. The summed E-state index contributed by atoms with van der Waals surface area (Å²) in [7, 11) is 4.31. The van der Waals surface area contributed by atoms with Gasteiger partial charge in [-0.1, -0.05) is 6.07 Å². The number of Topliss-reactive ketones (excluding diaryl/α,β-unsaturated/α-hetero) is 1. The summed E-state index contributed by atoms with van der Waals surface area (Å²) < 4.78 is 15.0. The number of esters is 1. The van der Waals surface area contributed by atoms with Gasteiger partial charge < -0.3 is 19.1 Å². The molecule has 0 spiro atoms. The molecule has 1 unspecified atom stereocenters. The highest BCUT2D eigenvalue weighted by atomic mass is 16.5. The Labute approximate surface area is 140 Å². The van der Waals surface area contributed by atoms with E-state index in [-0.39, 0.29) is 31.1 Å². The lowest BCUT2D eigenvalue weighted by molar-refractivity contribution is -0.153. The van der Waals surface area contributed by atoms with Crippen LogP contribution in [0.25, 0.3) is 0 Å². The van der Waals surface area contributed by atoms with Gasteiger partial charge in [-0.05, 0) is 17.7 Å². The van der Waals surface area contributed by atoms with Crippen LogP contribution in [0.2, 0.25) is 0 Å². The van der Waals surface area contributed by atoms with E-state index in [9.17, 15) is 14.4 Å². The van der Waals surface area contributed by atoms with Crippen LogP contribution >= 0.6 is 0 Å². The highest BCUT2D eigenvalue weighted by Crippen LogP contribution is 2.28. The molecule has 7 heteroatoms. The number of carbonyl (C=O) groups is 3. The summed E-state index contributed by atoms with van der Waals surface area (Å²) in [5.74, 6) is -0.686. The molecule has 24 heavy (non-hydrogen) atoms. The summed E-state index contributed by atoms with van der Waals surface area (Å²) in [4.78, 5) is 37.5. The van der Waals surface area contributed by atoms with Crippen LogP contribution in [-0.2, 0) is 25.5 Å². The minimum atomic E-state index is -0.891. The molecule has 1 aliphatic heterocycles. The Hall–Kier alpha value is -2.57. The van der Waals surface area contributed by atoms with Gasteiger partial charge >= 0.3 is 5.97 Å². The number of methoxy groups -OCH3 is 3. The van der Waals surface area contributed by atoms with E-state index in [1.54, 1.807) is 25.3 Å². The SMILES string of the molecule is COC(=O)C1CN(C(=O)Cc2ccc(OC)c(OC)c2)CCC1=O. The molecule has 1 aromatic rings. The van der Waals surface area contributed by atoms with E-state index < -0.39 is 11.9 Å². The molecule has 1 aromatic carbocycles. The van der Waals surface area contributed by atoms with Crippen molar-refractivity contribution in [2.24, 2.45) is 5.92 Å². The Morgan fingerprint density at radius 2 is 1.88 bits per heavy atom. The van der Waals surface area contributed by atoms with Crippen molar-refractivity contribution >= 4 is 17.7 Å². The molecule has 1 heterocycles. The Balaban J connectivity index is 2.07. The van der Waals surface area contributed by atoms with Crippen molar-refractivity contribution in [1.29, 1.82) is 0 Å². The standard InChI is InChI=1S/C17H21NO6/c1-22-14-5-4-11(8-15(14)23-2)9-16(20)18-7-6-13(19)12(10-18)17(21)24-3/h4-5,8,12H,6-7,9-10H2,1-3H3. The summed E-state index contributed by atoms with van der Waals surface area (Å²) >= 11 is 0. The maximum absolute atomic E-state index is 12.5. The lowest BCUT2D eigenvalue weighted by atomic mass is 9.96. The molecule has 7 nitrogen and oxygen atoms in total. The molecule has 0 aromatic heterocycles. The first-order valence-electron chi connectivity index (χ1n) is 7.59. The van der Waals surface area contributed by atoms with Gasteiger partial charge in [-0.3, -0.25) is 14.4 Å². The van der Waals surface area contributed by atoms with Crippen LogP contribution in [0, 0.1) is 5.92 Å². The molecule has 0 bridgehead atoms. The molecular formula is C17H21NO6. The number of benzene rings is 1. The Kier molecular flexibility index (Phi) is 5.78. The molecule has 0 saturated carbocycles. The first-order valence-corrected chi connectivity index (χ1v) is 7.59. The van der Waals surface area contributed by atoms with Crippen molar-refractivity contribution in [3.63, 3.8) is 0 Å². The van der Waals surface area contributed by atoms with Crippen molar-refractivity contribution in [3.05, 3.63) is 23.8 Å². The van der Waals surface area contributed by atoms with Gasteiger partial charge in [-0.25, -0.2) is 0 Å². The van der Waals surface area contributed by atoms with Gasteiger partial charge in [0.25, 0.3) is 0 Å². The van der Waals surface area contributed by atoms with Gasteiger partial charge in [0.15, 0.2) is 17.3 Å². The molecular weight excluding hydrogens is 314 g/mol. The highest BCUT2D eigenvalue weighted by Gasteiger charge is 2.35. The molecule has 0 radical (unpaired) electrons. The van der Waals surface area contributed by atoms with Crippen LogP contribution in [-0.4, -0.2) is 57.0 Å². The lowest BCUT2D eigenvalue weighted by Gasteiger charge is -2.30. The lowest BCUT2D eigenvalue weighted by Crippen LogP contribution is -2.47. The maximum Gasteiger partial charge on any atom is 0.318 e. The fourth-order valence-electron chi connectivity index (χ4n) is 2.68. The average molecular weight is 335 g/mol. The van der Waals surface area contributed by atoms with Crippen LogP contribution in [0.4, 0.5) is 0 Å². The van der Waals surface area contributed by atoms with E-state index in [4.69, 9.17) is 9.47 Å². The van der Waals surface area contributed by atoms with E-state index in [0.717, 1.165) is 5.56 Å². The summed E-state index contributed by atoms with van der Waals surface area (Å²) in [5, 5.41) is 0. The average Bonchev–Trinajstić information content (AvgIpc) is 2.61. The van der Waals surface area contributed by atoms with E-state index in [2.05, 4.69) is 4.74 Å². The zero-order chi connectivity index (χ0) is 17.7. The van der Waals surface area contributed by atoms with Crippen molar-refractivity contribution in [2.75, 3.05) is 34.4 Å². The molecule has 0 N–H and O–H groups in total. The number of ether oxygens (including phenoxy) is 3. The van der Waals surface area contributed by atoms with Crippen molar-refractivity contribution in [1.82, 2.24) is 4.90 Å². The topological polar surface area (TPSA) is 82.1 Å². The van der Waals surface area contributed by atoms with Crippen molar-refractivity contribution in [3.8, 4) is 11.5 Å². The minimum Gasteiger partial charge on any atom is -0.493 e. The zero-order valence-corrected chi connectivity index (χ0v) is 14.0. The third-order valence-corrected chi connectivity index (χ3v) is 4.06. The second-order valence-corrected chi connectivity index (χ2v) is 5.50. The van der Waals surface area contributed by atoms with Crippen molar-refractivity contribution in [2.45, 2.75) is 12.8 Å². The van der Waals surface area contributed by atoms with E-state index in [1.165, 1.54) is 19.1 Å². The van der Waals surface area contributed by atoms with Crippen LogP contribution in [0.15, 0.2) is 18.2 Å². The fourth-order valence-corrected chi connectivity index (χ4v) is 2.68. The number of hydrogen-bond acceptors (Lipinski definition) is 6. The van der Waals surface area contributed by atoms with Gasteiger partial charge in [0, 0.05) is 19.5 Å². The number of piperidine rings is 1. The molecule has 130 valence electrons. The van der Waals surface area contributed by atoms with Gasteiger partial charge in [0.2, 0.25) is 5.91 Å². The van der Waals surface area contributed by atoms with E-state index >= 15 is 0 Å². The normalized spacial score (nSPS) is 17.4. The third kappa shape index (κ3) is 3.84. The summed E-state index contributed by atoms with van der Waals surface area (Å²) in [6.07, 6.45) is 0.319. The Morgan fingerprint density at radius 3 is 2.50 bits per heavy atom. The summed E-state index contributed by atoms with van der Waals surface area (Å²) in [5.41, 5.74) is 0.768. The molecule has 1 aliphatic rings. The number of hydrogen-bond donors (Lipinski definition) is 0. The van der Waals surface area contributed by atoms with Crippen molar-refractivity contribution < 1.29 is 28.6 Å². The molecule has 1 atom stereocenters. The zero-order valence-electron chi connectivity index (χ0n) is 14.0. The van der Waals surface area contributed by atoms with Crippen LogP contribution in [0.1, 0.15) is 12.0 Å². The van der Waals surface area contributed by atoms with Crippen LogP contribution in [0.3, 0.4) is 0 Å². The molecule has 1 amide bonds. The molecule has 2 rings (SSSR count). The van der Waals surface area contributed by atoms with Gasteiger partial charge in [0.1, 0.15) is 5.92 Å². The second kappa shape index (κ2) is 7.81. The van der Waals surface area contributed by atoms with Gasteiger partial charge in [-0.15, -0.1) is 0 Å². The number of ketones is 1. The smallest absolute Gasteiger partial charge is 0.318 e. The van der Waals surface area contributed by atoms with Gasteiger partial charge in [-0.2, -0.15) is 0 Å². The van der Waals surface area contributed by atoms with E-state index in [0.29, 0.717) is 18.0 Å². The maximum atomic E-state index is 12.5. The van der Waals surface area contributed by atoms with E-state index in [1.807, 2.05) is 0 Å². The summed E-state index contributed by atoms with van der Waals surface area (Å²) in [6.45, 7) is 0.385. The number of amides is 1. The third-order valence-electron chi connectivity index (χ3n) is 4.06. The molecule has 1 fully saturated rings. The highest BCUT2D eigenvalue weighted by molar-refractivity contribution is 6.00. The largest absolute Gasteiger partial charge is 0.493 e. The minimum absolute atomic E-state index is 0.0671. The van der Waals surface area contributed by atoms with Gasteiger partial charge in [0.05, 0.1) is 27.8 Å². The first-order chi connectivity index (χ1) is 11.5. The number of rotatable bonds is 5. The summed E-state index contributed by atoms with van der Waals surface area (Å²) in [6, 6.07) is 5.26. The van der Waals surface area contributed by atoms with Crippen LogP contribution in [0.5, 0.6) is 11.5 Å². The Morgan fingerprint density at radius 1 is 1.17 bits per heavy atom. The number of carbonyl (C=O) groups excluding carboxylic acids is 3. The van der Waals surface area contributed by atoms with Crippen LogP contribution < -0.4 is 9.47 Å². The number of nitrogens with zero attached hydrogens (tertiary/aromatic N) is 1. The Bertz CT molecular complexity index is 634. The first kappa shape index (κ1) is 17.8. The number of likely N-dealkylation sites (tertiary alicyclic amines) is 1. The fraction of sp³-hybridized carbons (Fsp3) is 0.471. The monoisotopic (exact) mass is 335 g/mol.